The van der Waals surface area contributed by atoms with E-state index in [1.54, 1.807) is 0 Å². The highest BCUT2D eigenvalue weighted by Crippen LogP contribution is 2.14. The molecule has 0 saturated heterocycles. The van der Waals surface area contributed by atoms with Crippen molar-refractivity contribution in [2.45, 2.75) is 117 Å². The van der Waals surface area contributed by atoms with Crippen LogP contribution in [0.15, 0.2) is 12.7 Å². The molecule has 0 aromatic heterocycles. The quantitative estimate of drug-likeness (QED) is 0.158. The van der Waals surface area contributed by atoms with Crippen molar-refractivity contribution in [3.8, 4) is 0 Å². The van der Waals surface area contributed by atoms with Crippen molar-refractivity contribution in [2.75, 3.05) is 26.7 Å². The highest BCUT2D eigenvalue weighted by molar-refractivity contribution is 4.65. The maximum atomic E-state index is 4.00. The Labute approximate surface area is 173 Å². The fraction of sp³-hybridized carbons (Fsp3) is 0.917. The highest BCUT2D eigenvalue weighted by atomic mass is 35.5. The Kier molecular flexibility index (Phi) is 23.1. The minimum absolute atomic E-state index is 0. The third-order valence-corrected chi connectivity index (χ3v) is 5.67. The molecule has 0 aliphatic heterocycles. The zero-order valence-electron chi connectivity index (χ0n) is 18.5. The van der Waals surface area contributed by atoms with Gasteiger partial charge in [0.1, 0.15) is 0 Å². The Morgan fingerprint density at radius 2 is 0.885 bits per heavy atom. The molecule has 2 heteroatoms. The normalized spacial score (nSPS) is 11.3. The van der Waals surface area contributed by atoms with Gasteiger partial charge in [0.25, 0.3) is 0 Å². The Balaban J connectivity index is 0. The minimum atomic E-state index is 0. The molecule has 0 rings (SSSR count). The van der Waals surface area contributed by atoms with Crippen LogP contribution in [0.5, 0.6) is 0 Å². The Morgan fingerprint density at radius 3 is 1.19 bits per heavy atom. The van der Waals surface area contributed by atoms with E-state index in [1.165, 1.54) is 120 Å². The molecule has 0 saturated carbocycles. The van der Waals surface area contributed by atoms with E-state index < -0.39 is 0 Å². The van der Waals surface area contributed by atoms with Gasteiger partial charge in [0.15, 0.2) is 0 Å². The summed E-state index contributed by atoms with van der Waals surface area (Å²) in [5, 5.41) is 0. The predicted molar refractivity (Wildman–Crippen MR) is 116 cm³/mol. The van der Waals surface area contributed by atoms with Crippen LogP contribution in [0.3, 0.4) is 0 Å². The molecule has 0 unspecified atom stereocenters. The lowest BCUT2D eigenvalue weighted by atomic mass is 10.1. The summed E-state index contributed by atoms with van der Waals surface area (Å²) in [6.45, 7) is 12.4. The molecule has 0 aliphatic rings. The van der Waals surface area contributed by atoms with Gasteiger partial charge in [-0.3, -0.25) is 0 Å². The SMILES string of the molecule is C=CC[N+](C)(CCCCCCCCCC)CCCCCCCCCC.[Cl-]. The lowest BCUT2D eigenvalue weighted by molar-refractivity contribution is -0.904. The van der Waals surface area contributed by atoms with E-state index in [0.717, 1.165) is 6.54 Å². The Bertz CT molecular complexity index is 257. The number of hydrogen-bond donors (Lipinski definition) is 0. The van der Waals surface area contributed by atoms with Gasteiger partial charge in [-0.15, -0.1) is 0 Å². The largest absolute Gasteiger partial charge is 1.00 e. The number of unbranched alkanes of at least 4 members (excludes halogenated alkanes) is 14. The summed E-state index contributed by atoms with van der Waals surface area (Å²) in [6, 6.07) is 0. The molecular formula is C24H50ClN. The molecule has 0 atom stereocenters. The summed E-state index contributed by atoms with van der Waals surface area (Å²) in [4.78, 5) is 0. The van der Waals surface area contributed by atoms with Gasteiger partial charge in [-0.1, -0.05) is 97.5 Å². The molecule has 0 aliphatic carbocycles. The molecule has 1 nitrogen and oxygen atoms in total. The lowest BCUT2D eigenvalue weighted by Gasteiger charge is -2.34. The predicted octanol–water partition coefficient (Wildman–Crippen LogP) is 4.90. The van der Waals surface area contributed by atoms with E-state index in [4.69, 9.17) is 0 Å². The average Bonchev–Trinajstić information content (AvgIpc) is 2.60. The van der Waals surface area contributed by atoms with E-state index in [-0.39, 0.29) is 12.4 Å². The number of hydrogen-bond acceptors (Lipinski definition) is 0. The number of rotatable bonds is 20. The molecule has 0 heterocycles. The van der Waals surface area contributed by atoms with Crippen LogP contribution in [-0.4, -0.2) is 31.2 Å². The van der Waals surface area contributed by atoms with Crippen molar-refractivity contribution in [3.63, 3.8) is 0 Å². The molecule has 0 aromatic rings. The maximum Gasteiger partial charge on any atom is 0.0969 e. The van der Waals surface area contributed by atoms with Gasteiger partial charge in [-0.2, -0.15) is 0 Å². The zero-order valence-corrected chi connectivity index (χ0v) is 19.3. The fourth-order valence-corrected chi connectivity index (χ4v) is 3.86. The zero-order chi connectivity index (χ0) is 18.6. The third-order valence-electron chi connectivity index (χ3n) is 5.67. The van der Waals surface area contributed by atoms with Crippen molar-refractivity contribution >= 4 is 0 Å². The monoisotopic (exact) mass is 387 g/mol. The van der Waals surface area contributed by atoms with E-state index in [0.29, 0.717) is 0 Å². The molecule has 26 heavy (non-hydrogen) atoms. The Hall–Kier alpha value is -0.0100. The van der Waals surface area contributed by atoms with Crippen LogP contribution in [0.2, 0.25) is 0 Å². The van der Waals surface area contributed by atoms with E-state index in [1.807, 2.05) is 0 Å². The molecule has 0 N–H and O–H groups in total. The second-order valence-corrected chi connectivity index (χ2v) is 8.49. The molecular weight excluding hydrogens is 338 g/mol. The van der Waals surface area contributed by atoms with Gasteiger partial charge in [-0.25, -0.2) is 0 Å². The summed E-state index contributed by atoms with van der Waals surface area (Å²) in [5.74, 6) is 0. The van der Waals surface area contributed by atoms with Crippen LogP contribution in [0.1, 0.15) is 117 Å². The smallest absolute Gasteiger partial charge is 0.0969 e. The summed E-state index contributed by atoms with van der Waals surface area (Å²) in [6.07, 6.45) is 24.9. The number of quaternary nitrogens is 1. The second kappa shape index (κ2) is 21.3. The number of halogens is 1. The van der Waals surface area contributed by atoms with Crippen LogP contribution >= 0.6 is 0 Å². The van der Waals surface area contributed by atoms with Crippen LogP contribution < -0.4 is 12.4 Å². The third kappa shape index (κ3) is 18.8. The average molecular weight is 388 g/mol. The number of nitrogens with zero attached hydrogens (tertiary/aromatic N) is 1. The van der Waals surface area contributed by atoms with Crippen molar-refractivity contribution in [1.82, 2.24) is 0 Å². The lowest BCUT2D eigenvalue weighted by Crippen LogP contribution is -3.00. The second-order valence-electron chi connectivity index (χ2n) is 8.49. The van der Waals surface area contributed by atoms with Crippen LogP contribution in [0.4, 0.5) is 0 Å². The van der Waals surface area contributed by atoms with Crippen molar-refractivity contribution in [2.24, 2.45) is 0 Å². The first-order chi connectivity index (χ1) is 12.2. The van der Waals surface area contributed by atoms with Crippen LogP contribution in [0.25, 0.3) is 0 Å². The van der Waals surface area contributed by atoms with Gasteiger partial charge >= 0.3 is 0 Å². The first-order valence-electron chi connectivity index (χ1n) is 11.6. The van der Waals surface area contributed by atoms with Crippen molar-refractivity contribution < 1.29 is 16.9 Å². The number of likely N-dealkylation sites (N-methyl/N-ethyl adjacent to an activating group) is 1. The molecule has 0 amide bonds. The molecule has 0 radical (unpaired) electrons. The summed E-state index contributed by atoms with van der Waals surface area (Å²) < 4.78 is 1.22. The van der Waals surface area contributed by atoms with Gasteiger partial charge < -0.3 is 16.9 Å². The fourth-order valence-electron chi connectivity index (χ4n) is 3.86. The molecule has 0 spiro atoms. The van der Waals surface area contributed by atoms with Crippen LogP contribution in [-0.2, 0) is 0 Å². The molecule has 0 bridgehead atoms. The van der Waals surface area contributed by atoms with Gasteiger partial charge in [0.05, 0.1) is 26.7 Å². The Morgan fingerprint density at radius 1 is 0.577 bits per heavy atom. The van der Waals surface area contributed by atoms with Crippen LogP contribution in [0, 0.1) is 0 Å². The van der Waals surface area contributed by atoms with E-state index in [2.05, 4.69) is 33.6 Å². The minimum Gasteiger partial charge on any atom is -1.00 e. The molecule has 0 fully saturated rings. The van der Waals surface area contributed by atoms with E-state index >= 15 is 0 Å². The van der Waals surface area contributed by atoms with Gasteiger partial charge in [-0.05, 0) is 31.8 Å². The molecule has 158 valence electrons. The van der Waals surface area contributed by atoms with Gasteiger partial charge in [0, 0.05) is 0 Å². The first-order valence-corrected chi connectivity index (χ1v) is 11.6. The standard InChI is InChI=1S/C24H50N.ClH/c1-5-8-10-12-14-16-18-20-23-25(4,22-7-3)24-21-19-17-15-13-11-9-6-2;/h7H,3,5-6,8-24H2,1-2,4H3;1H/q+1;/p-1. The molecule has 0 aromatic carbocycles. The maximum absolute atomic E-state index is 4.00. The van der Waals surface area contributed by atoms with Crippen molar-refractivity contribution in [1.29, 1.82) is 0 Å². The van der Waals surface area contributed by atoms with Crippen molar-refractivity contribution in [3.05, 3.63) is 12.7 Å². The van der Waals surface area contributed by atoms with Gasteiger partial charge in [0.2, 0.25) is 0 Å². The highest BCUT2D eigenvalue weighted by Gasteiger charge is 2.18. The topological polar surface area (TPSA) is 0 Å². The summed E-state index contributed by atoms with van der Waals surface area (Å²) in [7, 11) is 2.45. The summed E-state index contributed by atoms with van der Waals surface area (Å²) >= 11 is 0. The van der Waals surface area contributed by atoms with E-state index in [9.17, 15) is 0 Å². The summed E-state index contributed by atoms with van der Waals surface area (Å²) in [5.41, 5.74) is 0. The first kappa shape index (κ1) is 28.2.